The zero-order chi connectivity index (χ0) is 11.3. The highest BCUT2D eigenvalue weighted by atomic mass is 32.2. The van der Waals surface area contributed by atoms with Crippen LogP contribution in [0, 0.1) is 0 Å². The van der Waals surface area contributed by atoms with Crippen LogP contribution < -0.4 is 0 Å². The minimum absolute atomic E-state index is 0.198. The van der Waals surface area contributed by atoms with Gasteiger partial charge >= 0.3 is 5.97 Å². The number of ether oxygens (including phenoxy) is 1. The minimum atomic E-state index is -2.16. The molecule has 0 aliphatic heterocycles. The molecule has 1 aliphatic rings. The zero-order valence-electron chi connectivity index (χ0n) is 8.39. The van der Waals surface area contributed by atoms with E-state index < -0.39 is 10.3 Å². The fraction of sp³-hybridized carbons (Fsp3) is 0.400. The highest BCUT2D eigenvalue weighted by Crippen LogP contribution is 2.12. The second-order valence-electron chi connectivity index (χ2n) is 3.00. The Morgan fingerprint density at radius 1 is 1.47 bits per heavy atom. The average molecular weight is 228 g/mol. The van der Waals surface area contributed by atoms with Crippen LogP contribution in [0.1, 0.15) is 19.8 Å². The van der Waals surface area contributed by atoms with E-state index in [1.54, 1.807) is 19.1 Å². The number of carbonyl (C=O) groups is 1. The third-order valence-electron chi connectivity index (χ3n) is 1.92. The lowest BCUT2D eigenvalue weighted by atomic mass is 10.0. The van der Waals surface area contributed by atoms with Crippen molar-refractivity contribution < 1.29 is 17.9 Å². The molecule has 1 rings (SSSR count). The van der Waals surface area contributed by atoms with E-state index in [2.05, 4.69) is 0 Å². The van der Waals surface area contributed by atoms with Crippen molar-refractivity contribution in [3.05, 3.63) is 23.8 Å². The molecule has 0 spiro atoms. The Hall–Kier alpha value is -1.36. The maximum Gasteiger partial charge on any atom is 0.310 e. The van der Waals surface area contributed by atoms with Gasteiger partial charge < -0.3 is 4.74 Å². The lowest BCUT2D eigenvalue weighted by Gasteiger charge is -2.06. The van der Waals surface area contributed by atoms with Gasteiger partial charge in [-0.1, -0.05) is 12.2 Å². The van der Waals surface area contributed by atoms with Crippen LogP contribution in [-0.4, -0.2) is 25.9 Å². The van der Waals surface area contributed by atoms with Crippen molar-refractivity contribution in [2.75, 3.05) is 6.61 Å². The third kappa shape index (κ3) is 3.71. The summed E-state index contributed by atoms with van der Waals surface area (Å²) in [7, 11) is -2.16. The summed E-state index contributed by atoms with van der Waals surface area (Å²) in [5.41, 5.74) is 0.794. The summed E-state index contributed by atoms with van der Waals surface area (Å²) < 4.78 is 25.9. The van der Waals surface area contributed by atoms with E-state index >= 15 is 0 Å². The predicted octanol–water partition coefficient (Wildman–Crippen LogP) is 0.877. The lowest BCUT2D eigenvalue weighted by Crippen LogP contribution is -2.07. The second kappa shape index (κ2) is 5.50. The summed E-state index contributed by atoms with van der Waals surface area (Å²) in [6.45, 7) is 2.10. The predicted molar refractivity (Wildman–Crippen MR) is 57.0 cm³/mol. The van der Waals surface area contributed by atoms with E-state index in [0.717, 1.165) is 5.57 Å². The topological polar surface area (TPSA) is 60.4 Å². The molecule has 0 amide bonds. The van der Waals surface area contributed by atoms with Crippen LogP contribution >= 0.6 is 0 Å². The van der Waals surface area contributed by atoms with E-state index in [-0.39, 0.29) is 12.4 Å². The Kier molecular flexibility index (Phi) is 4.30. The number of hydrogen-bond donors (Lipinski definition) is 0. The van der Waals surface area contributed by atoms with E-state index in [1.807, 2.05) is 0 Å². The average Bonchev–Trinajstić information content (AvgIpc) is 2.18. The summed E-state index contributed by atoms with van der Waals surface area (Å²) in [4.78, 5) is 11.4. The van der Waals surface area contributed by atoms with Gasteiger partial charge in [-0.3, -0.25) is 4.79 Å². The molecule has 0 unspecified atom stereocenters. The van der Waals surface area contributed by atoms with Gasteiger partial charge in [0.05, 0.1) is 17.9 Å². The number of rotatable bonds is 3. The molecular formula is C10H12O4S. The van der Waals surface area contributed by atoms with Crippen molar-refractivity contribution in [3.8, 4) is 0 Å². The number of carbonyl (C=O) groups excluding carboxylic acids is 1. The van der Waals surface area contributed by atoms with Gasteiger partial charge in [-0.05, 0) is 18.6 Å². The molecule has 0 radical (unpaired) electrons. The molecule has 0 saturated heterocycles. The van der Waals surface area contributed by atoms with Crippen molar-refractivity contribution in [2.45, 2.75) is 19.8 Å². The Bertz CT molecular complexity index is 432. The molecule has 0 aromatic rings. The summed E-state index contributed by atoms with van der Waals surface area (Å²) in [6, 6.07) is 0. The summed E-state index contributed by atoms with van der Waals surface area (Å²) in [5.74, 6) is -0.292. The normalized spacial score (nSPS) is 14.7. The first-order valence-corrected chi connectivity index (χ1v) is 5.68. The standard InChI is InChI=1S/C10H12O4S/c1-2-14-10(11)7-8-3-5-9(6-4-8)15(12)13/h3-5H,2,6-7H2,1H3. The first kappa shape index (κ1) is 11.7. The van der Waals surface area contributed by atoms with Crippen LogP contribution in [0.15, 0.2) is 23.8 Å². The molecule has 1 aliphatic carbocycles. The molecule has 0 fully saturated rings. The van der Waals surface area contributed by atoms with Gasteiger partial charge in [-0.15, -0.1) is 0 Å². The van der Waals surface area contributed by atoms with Crippen LogP contribution in [0.2, 0.25) is 0 Å². The van der Waals surface area contributed by atoms with Crippen LogP contribution in [0.3, 0.4) is 0 Å². The first-order valence-electron chi connectivity index (χ1n) is 4.61. The highest BCUT2D eigenvalue weighted by Gasteiger charge is 2.08. The molecule has 0 saturated carbocycles. The zero-order valence-corrected chi connectivity index (χ0v) is 9.21. The Balaban J connectivity index is 2.60. The maximum absolute atomic E-state index is 11.1. The van der Waals surface area contributed by atoms with Gasteiger partial charge in [0, 0.05) is 6.42 Å². The Morgan fingerprint density at radius 2 is 2.20 bits per heavy atom. The molecule has 0 bridgehead atoms. The molecule has 4 nitrogen and oxygen atoms in total. The van der Waals surface area contributed by atoms with Crippen LogP contribution in [0.4, 0.5) is 0 Å². The van der Waals surface area contributed by atoms with E-state index in [9.17, 15) is 13.2 Å². The summed E-state index contributed by atoms with van der Waals surface area (Å²) >= 11 is 0. The van der Waals surface area contributed by atoms with Crippen molar-refractivity contribution in [2.24, 2.45) is 0 Å². The first-order chi connectivity index (χ1) is 7.13. The molecule has 0 atom stereocenters. The monoisotopic (exact) mass is 228 g/mol. The largest absolute Gasteiger partial charge is 0.466 e. The van der Waals surface area contributed by atoms with Crippen LogP contribution in [0.5, 0.6) is 0 Å². The molecule has 5 heteroatoms. The molecule has 0 N–H and O–H groups in total. The fourth-order valence-corrected chi connectivity index (χ4v) is 1.60. The van der Waals surface area contributed by atoms with E-state index in [4.69, 9.17) is 4.74 Å². The number of allylic oxidation sites excluding steroid dienone is 3. The maximum atomic E-state index is 11.1. The summed E-state index contributed by atoms with van der Waals surface area (Å²) in [6.07, 6.45) is 5.41. The van der Waals surface area contributed by atoms with Crippen LogP contribution in [0.25, 0.3) is 0 Å². The molecule has 82 valence electrons. The van der Waals surface area contributed by atoms with Crippen molar-refractivity contribution in [3.63, 3.8) is 0 Å². The van der Waals surface area contributed by atoms with E-state index in [0.29, 0.717) is 17.9 Å². The molecule has 0 aromatic heterocycles. The molecule has 15 heavy (non-hydrogen) atoms. The Morgan fingerprint density at radius 3 is 2.67 bits per heavy atom. The van der Waals surface area contributed by atoms with Gasteiger partial charge in [0.2, 0.25) is 10.3 Å². The van der Waals surface area contributed by atoms with Gasteiger partial charge in [-0.2, -0.15) is 8.42 Å². The molecule has 0 heterocycles. The smallest absolute Gasteiger partial charge is 0.310 e. The van der Waals surface area contributed by atoms with Gasteiger partial charge in [-0.25, -0.2) is 0 Å². The van der Waals surface area contributed by atoms with Crippen molar-refractivity contribution >= 4 is 21.1 Å². The highest BCUT2D eigenvalue weighted by molar-refractivity contribution is 7.73. The molecular weight excluding hydrogens is 216 g/mol. The number of hydrogen-bond acceptors (Lipinski definition) is 4. The SMILES string of the molecule is CCOC(=O)CC1=CCC(=S(=O)=O)C=C1. The number of esters is 1. The van der Waals surface area contributed by atoms with Gasteiger partial charge in [0.1, 0.15) is 0 Å². The quantitative estimate of drug-likeness (QED) is 0.531. The van der Waals surface area contributed by atoms with Crippen molar-refractivity contribution in [1.29, 1.82) is 0 Å². The Labute approximate surface area is 89.8 Å². The molecule has 0 aromatic carbocycles. The lowest BCUT2D eigenvalue weighted by molar-refractivity contribution is -0.142. The summed E-state index contributed by atoms with van der Waals surface area (Å²) in [5, 5.41) is 0. The minimum Gasteiger partial charge on any atom is -0.466 e. The van der Waals surface area contributed by atoms with Gasteiger partial charge in [0.15, 0.2) is 0 Å². The van der Waals surface area contributed by atoms with Gasteiger partial charge in [0.25, 0.3) is 0 Å². The fourth-order valence-electron chi connectivity index (χ4n) is 1.20. The third-order valence-corrected chi connectivity index (χ3v) is 2.65. The second-order valence-corrected chi connectivity index (χ2v) is 3.99. The van der Waals surface area contributed by atoms with Crippen molar-refractivity contribution in [1.82, 2.24) is 0 Å². The van der Waals surface area contributed by atoms with E-state index in [1.165, 1.54) is 6.08 Å². The van der Waals surface area contributed by atoms with Crippen LogP contribution in [-0.2, 0) is 19.8 Å².